The predicted molar refractivity (Wildman–Crippen MR) is 201 cm³/mol. The highest BCUT2D eigenvalue weighted by molar-refractivity contribution is 5.91. The van der Waals surface area contributed by atoms with Gasteiger partial charge >= 0.3 is 5.97 Å². The molecule has 320 valence electrons. The highest BCUT2D eigenvalue weighted by atomic mass is 16.7. The summed E-state index contributed by atoms with van der Waals surface area (Å²) in [4.78, 5) is 41.7. The standard InChI is InChI=1S/C40H71NO14/c1-16-28-40(11,47)33(44)22(4)30(43)20(2)18-39(10,49-15)35(55-37-32(52-26(8)42)27(41(12)13)17-21(3)50-37)23(5)31(24(6)36(46)53-28)54-29-19-38(9,48-14)34(45)25(7)51-29/h20-25,27-29,31-33,35-37,44,46-47H,16-19H2,1-15H3/t20-,21-,22+,23+,24-,25+,27+,28-,29?,31+,32-,33-,35-,36+,37?,38-,39-,40-/m1/s1. The lowest BCUT2D eigenvalue weighted by Gasteiger charge is -2.50. The maximum absolute atomic E-state index is 14.1. The molecule has 0 amide bonds. The summed E-state index contributed by atoms with van der Waals surface area (Å²) in [6.07, 6.45) is -9.38. The van der Waals surface area contributed by atoms with Crippen LogP contribution < -0.4 is 0 Å². The number of rotatable bonds is 9. The molecule has 3 heterocycles. The molecule has 0 radical (unpaired) electrons. The number of Topliss-reactive ketones (excluding diaryl/α,β-unsaturated/α-hetero) is 2. The minimum absolute atomic E-state index is 0.0385. The molecule has 3 saturated heterocycles. The zero-order valence-corrected chi connectivity index (χ0v) is 35.8. The SMILES string of the molecule is CC[C@H]1O[C@H](O)[C@H](C)[C@@H](OC2C[C@@](C)(OC)C(=O)[C@H](C)O2)[C@H](C)[C@@H](OC2O[C@H](C)C[C@H](N(C)C)[C@H]2OC(C)=O)[C@](C)(OC)C[C@@H](C)C(=O)[C@H](C)[C@@H](O)[C@]1(C)O. The van der Waals surface area contributed by atoms with Gasteiger partial charge in [-0.15, -0.1) is 0 Å². The first-order chi connectivity index (χ1) is 25.4. The summed E-state index contributed by atoms with van der Waals surface area (Å²) in [7, 11) is 6.74. The number of ketones is 2. The summed E-state index contributed by atoms with van der Waals surface area (Å²) in [5.74, 6) is -4.39. The van der Waals surface area contributed by atoms with Crippen molar-refractivity contribution in [2.45, 2.75) is 186 Å². The van der Waals surface area contributed by atoms with E-state index >= 15 is 0 Å². The van der Waals surface area contributed by atoms with Crippen molar-refractivity contribution in [1.29, 1.82) is 0 Å². The normalized spacial score (nSPS) is 47.0. The summed E-state index contributed by atoms with van der Waals surface area (Å²) in [6.45, 7) is 18.4. The Morgan fingerprint density at radius 3 is 2.04 bits per heavy atom. The van der Waals surface area contributed by atoms with Crippen LogP contribution in [0.5, 0.6) is 0 Å². The molecule has 0 aromatic heterocycles. The van der Waals surface area contributed by atoms with Gasteiger partial charge in [0.1, 0.15) is 23.1 Å². The van der Waals surface area contributed by atoms with Gasteiger partial charge in [-0.3, -0.25) is 14.4 Å². The lowest BCUT2D eigenvalue weighted by molar-refractivity contribution is -0.318. The molecule has 3 rings (SSSR count). The Morgan fingerprint density at radius 1 is 0.891 bits per heavy atom. The average molecular weight is 790 g/mol. The van der Waals surface area contributed by atoms with Crippen LogP contribution in [0.15, 0.2) is 0 Å². The monoisotopic (exact) mass is 789 g/mol. The maximum atomic E-state index is 14.1. The largest absolute Gasteiger partial charge is 0.455 e. The molecule has 0 aliphatic carbocycles. The smallest absolute Gasteiger partial charge is 0.303 e. The number of likely N-dealkylation sites (N-methyl/N-ethyl adjacent to an activating group) is 1. The van der Waals surface area contributed by atoms with E-state index in [-0.39, 0.29) is 43.0 Å². The summed E-state index contributed by atoms with van der Waals surface area (Å²) in [5, 5.41) is 35.1. The van der Waals surface area contributed by atoms with Crippen molar-refractivity contribution in [3.8, 4) is 0 Å². The van der Waals surface area contributed by atoms with Gasteiger partial charge in [-0.25, -0.2) is 0 Å². The van der Waals surface area contributed by atoms with Gasteiger partial charge in [-0.05, 0) is 68.0 Å². The number of aliphatic hydroxyl groups excluding tert-OH is 2. The van der Waals surface area contributed by atoms with Gasteiger partial charge in [0, 0.05) is 51.2 Å². The quantitative estimate of drug-likeness (QED) is 0.289. The molecule has 0 saturated carbocycles. The van der Waals surface area contributed by atoms with Gasteiger partial charge in [0.2, 0.25) is 0 Å². The van der Waals surface area contributed by atoms with E-state index in [0.29, 0.717) is 6.42 Å². The van der Waals surface area contributed by atoms with Crippen LogP contribution >= 0.6 is 0 Å². The lowest BCUT2D eigenvalue weighted by atomic mass is 9.73. The van der Waals surface area contributed by atoms with E-state index in [2.05, 4.69) is 0 Å². The second-order valence-electron chi connectivity index (χ2n) is 17.1. The Labute approximate surface area is 327 Å². The van der Waals surface area contributed by atoms with Crippen molar-refractivity contribution in [3.63, 3.8) is 0 Å². The van der Waals surface area contributed by atoms with Gasteiger partial charge < -0.3 is 58.1 Å². The van der Waals surface area contributed by atoms with Crippen LogP contribution in [-0.2, 0) is 52.3 Å². The fraction of sp³-hybridized carbons (Fsp3) is 0.925. The zero-order chi connectivity index (χ0) is 42.0. The first kappa shape index (κ1) is 47.7. The van der Waals surface area contributed by atoms with Crippen molar-refractivity contribution < 1.29 is 67.6 Å². The molecule has 2 unspecified atom stereocenters. The van der Waals surface area contributed by atoms with Crippen molar-refractivity contribution >= 4 is 17.5 Å². The third-order valence-corrected chi connectivity index (χ3v) is 12.5. The molecule has 18 atom stereocenters. The Hall–Kier alpha value is -1.63. The number of carbonyl (C=O) groups is 3. The van der Waals surface area contributed by atoms with Gasteiger partial charge in [0.05, 0.1) is 42.2 Å². The first-order valence-electron chi connectivity index (χ1n) is 19.8. The molecule has 3 aliphatic rings. The predicted octanol–water partition coefficient (Wildman–Crippen LogP) is 3.01. The minimum atomic E-state index is -1.93. The van der Waals surface area contributed by atoms with E-state index in [1.165, 1.54) is 28.1 Å². The zero-order valence-electron chi connectivity index (χ0n) is 35.8. The van der Waals surface area contributed by atoms with Gasteiger partial charge in [0.15, 0.2) is 30.8 Å². The third-order valence-electron chi connectivity index (χ3n) is 12.5. The van der Waals surface area contributed by atoms with Gasteiger partial charge in [0.25, 0.3) is 0 Å². The molecule has 3 fully saturated rings. The topological polar surface area (TPSA) is 189 Å². The van der Waals surface area contributed by atoms with E-state index in [9.17, 15) is 29.7 Å². The van der Waals surface area contributed by atoms with Crippen LogP contribution in [0, 0.1) is 23.7 Å². The number of esters is 1. The number of hydrogen-bond acceptors (Lipinski definition) is 15. The van der Waals surface area contributed by atoms with Crippen molar-refractivity contribution in [2.24, 2.45) is 23.7 Å². The Balaban J connectivity index is 2.27. The van der Waals surface area contributed by atoms with Gasteiger partial charge in [-0.1, -0.05) is 34.6 Å². The van der Waals surface area contributed by atoms with Crippen molar-refractivity contribution in [3.05, 3.63) is 0 Å². The number of methoxy groups -OCH3 is 2. The van der Waals surface area contributed by atoms with Gasteiger partial charge in [-0.2, -0.15) is 0 Å². The van der Waals surface area contributed by atoms with E-state index in [1.807, 2.05) is 32.8 Å². The van der Waals surface area contributed by atoms with Crippen LogP contribution in [0.3, 0.4) is 0 Å². The van der Waals surface area contributed by atoms with Crippen LogP contribution in [0.4, 0.5) is 0 Å². The fourth-order valence-corrected chi connectivity index (χ4v) is 8.88. The highest BCUT2D eigenvalue weighted by Crippen LogP contribution is 2.42. The molecule has 3 N–H and O–H groups in total. The molecule has 15 heteroatoms. The molecular weight excluding hydrogens is 718 g/mol. The van der Waals surface area contributed by atoms with E-state index in [4.69, 9.17) is 37.9 Å². The molecule has 0 aromatic rings. The number of nitrogens with zero attached hydrogens (tertiary/aromatic N) is 1. The van der Waals surface area contributed by atoms with Crippen LogP contribution in [0.1, 0.15) is 102 Å². The molecule has 0 spiro atoms. The van der Waals surface area contributed by atoms with E-state index in [1.54, 1.807) is 48.5 Å². The fourth-order valence-electron chi connectivity index (χ4n) is 8.88. The third kappa shape index (κ3) is 10.5. The Bertz CT molecular complexity index is 1300. The average Bonchev–Trinajstić information content (AvgIpc) is 3.12. The lowest BCUT2D eigenvalue weighted by Crippen LogP contribution is -2.62. The number of ether oxygens (including phenoxy) is 8. The minimum Gasteiger partial charge on any atom is -0.455 e. The van der Waals surface area contributed by atoms with Crippen LogP contribution in [-0.4, -0.2) is 151 Å². The molecule has 3 aliphatic heterocycles. The second kappa shape index (κ2) is 19.0. The summed E-state index contributed by atoms with van der Waals surface area (Å²) in [6, 6.07) is -0.274. The maximum Gasteiger partial charge on any atom is 0.303 e. The first-order valence-corrected chi connectivity index (χ1v) is 19.8. The molecule has 15 nitrogen and oxygen atoms in total. The highest BCUT2D eigenvalue weighted by Gasteiger charge is 2.54. The molecular formula is C40H71NO14. The molecule has 0 bridgehead atoms. The Kier molecular flexibility index (Phi) is 16.5. The van der Waals surface area contributed by atoms with E-state index < -0.39 is 102 Å². The summed E-state index contributed by atoms with van der Waals surface area (Å²) < 4.78 is 50.4. The summed E-state index contributed by atoms with van der Waals surface area (Å²) >= 11 is 0. The Morgan fingerprint density at radius 2 is 1.51 bits per heavy atom. The van der Waals surface area contributed by atoms with Crippen molar-refractivity contribution in [1.82, 2.24) is 4.90 Å². The molecule has 0 aromatic carbocycles. The number of hydrogen-bond donors (Lipinski definition) is 3. The summed E-state index contributed by atoms with van der Waals surface area (Å²) in [5.41, 5.74) is -4.43. The number of aliphatic hydroxyl groups is 3. The molecule has 55 heavy (non-hydrogen) atoms. The van der Waals surface area contributed by atoms with Crippen molar-refractivity contribution in [2.75, 3.05) is 28.3 Å². The van der Waals surface area contributed by atoms with E-state index in [0.717, 1.165) is 0 Å². The van der Waals surface area contributed by atoms with Crippen LogP contribution in [0.2, 0.25) is 0 Å². The van der Waals surface area contributed by atoms with Crippen LogP contribution in [0.25, 0.3) is 0 Å². The second-order valence-corrected chi connectivity index (χ2v) is 17.1. The number of carbonyl (C=O) groups excluding carboxylic acids is 3.